The maximum atomic E-state index is 14.3. The van der Waals surface area contributed by atoms with Gasteiger partial charge >= 0.3 is 0 Å². The number of hydrogen-bond donors (Lipinski definition) is 1. The Morgan fingerprint density at radius 2 is 1.62 bits per heavy atom. The van der Waals surface area contributed by atoms with Crippen LogP contribution in [0.5, 0.6) is 0 Å². The molecule has 0 aliphatic carbocycles. The Bertz CT molecular complexity index is 451. The number of piperidine rings is 1. The molecule has 1 fully saturated rings. The van der Waals surface area contributed by atoms with E-state index in [-0.39, 0.29) is 5.69 Å². The van der Waals surface area contributed by atoms with E-state index in [1.165, 1.54) is 12.1 Å². The van der Waals surface area contributed by atoms with E-state index in [0.29, 0.717) is 17.5 Å². The van der Waals surface area contributed by atoms with E-state index in [4.69, 9.17) is 0 Å². The van der Waals surface area contributed by atoms with Gasteiger partial charge in [-0.25, -0.2) is 8.78 Å². The zero-order valence-corrected chi connectivity index (χ0v) is 13.3. The van der Waals surface area contributed by atoms with Gasteiger partial charge in [-0.15, -0.1) is 0 Å². The molecule has 1 aliphatic rings. The number of nitrogens with zero attached hydrogens (tertiary/aromatic N) is 1. The first kappa shape index (κ1) is 16.2. The molecule has 0 amide bonds. The van der Waals surface area contributed by atoms with Crippen molar-refractivity contribution in [1.82, 2.24) is 5.32 Å². The molecule has 21 heavy (non-hydrogen) atoms. The highest BCUT2D eigenvalue weighted by atomic mass is 19.1. The van der Waals surface area contributed by atoms with Crippen LogP contribution in [-0.2, 0) is 6.54 Å². The van der Waals surface area contributed by atoms with E-state index in [0.717, 1.165) is 38.8 Å². The Hall–Kier alpha value is -1.16. The number of halogens is 2. The monoisotopic (exact) mass is 296 g/mol. The molecule has 0 atom stereocenters. The topological polar surface area (TPSA) is 15.3 Å². The number of nitrogens with one attached hydrogen (secondary N) is 1. The molecule has 4 heteroatoms. The summed E-state index contributed by atoms with van der Waals surface area (Å²) in [5, 5.41) is 2.92. The summed E-state index contributed by atoms with van der Waals surface area (Å²) >= 11 is 0. The first-order chi connectivity index (χ1) is 10.0. The lowest BCUT2D eigenvalue weighted by molar-refractivity contribution is 0.198. The van der Waals surface area contributed by atoms with Crippen molar-refractivity contribution in [1.29, 1.82) is 0 Å². The molecule has 0 saturated carbocycles. The summed E-state index contributed by atoms with van der Waals surface area (Å²) < 4.78 is 28.5. The summed E-state index contributed by atoms with van der Waals surface area (Å²) in [4.78, 5) is 1.87. The Kier molecular flexibility index (Phi) is 5.20. The smallest absolute Gasteiger partial charge is 0.149 e. The third-order valence-corrected chi connectivity index (χ3v) is 5.10. The molecule has 118 valence electrons. The fourth-order valence-electron chi connectivity index (χ4n) is 3.39. The molecule has 0 bridgehead atoms. The van der Waals surface area contributed by atoms with Crippen molar-refractivity contribution in [2.45, 2.75) is 46.1 Å². The van der Waals surface area contributed by atoms with Crippen molar-refractivity contribution in [3.8, 4) is 0 Å². The van der Waals surface area contributed by atoms with Crippen LogP contribution in [0.4, 0.5) is 14.5 Å². The minimum Gasteiger partial charge on any atom is -0.367 e. The summed E-state index contributed by atoms with van der Waals surface area (Å²) in [6, 6.07) is 2.88. The van der Waals surface area contributed by atoms with Gasteiger partial charge in [-0.1, -0.05) is 26.7 Å². The van der Waals surface area contributed by atoms with E-state index in [9.17, 15) is 8.78 Å². The first-order valence-electron chi connectivity index (χ1n) is 7.92. The van der Waals surface area contributed by atoms with Gasteiger partial charge in [-0.05, 0) is 43.0 Å². The predicted molar refractivity (Wildman–Crippen MR) is 83.6 cm³/mol. The van der Waals surface area contributed by atoms with Crippen LogP contribution in [0.2, 0.25) is 0 Å². The molecule has 0 radical (unpaired) electrons. The molecule has 0 spiro atoms. The van der Waals surface area contributed by atoms with Gasteiger partial charge in [0.25, 0.3) is 0 Å². The second-order valence-electron chi connectivity index (χ2n) is 6.13. The minimum absolute atomic E-state index is 0.149. The van der Waals surface area contributed by atoms with Crippen LogP contribution in [-0.4, -0.2) is 20.1 Å². The van der Waals surface area contributed by atoms with Crippen LogP contribution in [0.25, 0.3) is 0 Å². The van der Waals surface area contributed by atoms with Gasteiger partial charge in [0, 0.05) is 19.6 Å². The number of rotatable bonds is 5. The molecular weight excluding hydrogens is 270 g/mol. The zero-order chi connectivity index (χ0) is 15.5. The Morgan fingerprint density at radius 1 is 1.10 bits per heavy atom. The Balaban J connectivity index is 2.17. The Labute approximate surface area is 126 Å². The fraction of sp³-hybridized carbons (Fsp3) is 0.647. The predicted octanol–water partition coefficient (Wildman–Crippen LogP) is 4.09. The maximum Gasteiger partial charge on any atom is 0.149 e. The van der Waals surface area contributed by atoms with Gasteiger partial charge < -0.3 is 10.2 Å². The molecule has 1 heterocycles. The molecule has 1 aliphatic heterocycles. The van der Waals surface area contributed by atoms with Crippen LogP contribution in [0.15, 0.2) is 12.1 Å². The van der Waals surface area contributed by atoms with Crippen molar-refractivity contribution >= 4 is 5.69 Å². The summed E-state index contributed by atoms with van der Waals surface area (Å²) in [6.07, 6.45) is 4.31. The van der Waals surface area contributed by atoms with Crippen LogP contribution in [0.1, 0.15) is 45.1 Å². The van der Waals surface area contributed by atoms with Crippen LogP contribution >= 0.6 is 0 Å². The summed E-state index contributed by atoms with van der Waals surface area (Å²) in [5.74, 6) is -0.888. The molecular formula is C17H26F2N2. The third kappa shape index (κ3) is 3.37. The van der Waals surface area contributed by atoms with Gasteiger partial charge in [0.05, 0.1) is 0 Å². The van der Waals surface area contributed by atoms with Gasteiger partial charge in [-0.2, -0.15) is 0 Å². The average Bonchev–Trinajstić information content (AvgIpc) is 2.48. The molecule has 0 unspecified atom stereocenters. The number of benzene rings is 1. The SMILES string of the molecule is CCC1(CC)CCN(c2c(F)cc(CNC)cc2F)CC1. The summed E-state index contributed by atoms with van der Waals surface area (Å²) in [5.41, 5.74) is 1.15. The van der Waals surface area contributed by atoms with E-state index < -0.39 is 11.6 Å². The third-order valence-electron chi connectivity index (χ3n) is 5.10. The lowest BCUT2D eigenvalue weighted by Crippen LogP contribution is -2.40. The summed E-state index contributed by atoms with van der Waals surface area (Å²) in [6.45, 7) is 6.38. The molecule has 0 aromatic heterocycles. The Morgan fingerprint density at radius 3 is 2.05 bits per heavy atom. The standard InChI is InChI=1S/C17H26F2N2/c1-4-17(5-2)6-8-21(9-7-17)16-14(18)10-13(12-20-3)11-15(16)19/h10-11,20H,4-9,12H2,1-3H3. The largest absolute Gasteiger partial charge is 0.367 e. The second kappa shape index (κ2) is 6.73. The fourth-order valence-corrected chi connectivity index (χ4v) is 3.39. The first-order valence-corrected chi connectivity index (χ1v) is 7.92. The molecule has 1 saturated heterocycles. The van der Waals surface area contributed by atoms with Crippen molar-refractivity contribution in [3.05, 3.63) is 29.3 Å². The molecule has 1 aromatic rings. The van der Waals surface area contributed by atoms with Crippen molar-refractivity contribution in [2.75, 3.05) is 25.0 Å². The van der Waals surface area contributed by atoms with E-state index in [1.807, 2.05) is 4.90 Å². The van der Waals surface area contributed by atoms with E-state index >= 15 is 0 Å². The van der Waals surface area contributed by atoms with Gasteiger partial charge in [0.2, 0.25) is 0 Å². The average molecular weight is 296 g/mol. The van der Waals surface area contributed by atoms with E-state index in [1.54, 1.807) is 7.05 Å². The highest BCUT2D eigenvalue weighted by molar-refractivity contribution is 5.51. The van der Waals surface area contributed by atoms with Crippen LogP contribution < -0.4 is 10.2 Å². The normalized spacial score (nSPS) is 18.0. The zero-order valence-electron chi connectivity index (χ0n) is 13.3. The van der Waals surface area contributed by atoms with Crippen LogP contribution in [0.3, 0.4) is 0 Å². The highest BCUT2D eigenvalue weighted by Crippen LogP contribution is 2.40. The number of hydrogen-bond acceptors (Lipinski definition) is 2. The molecule has 2 nitrogen and oxygen atoms in total. The highest BCUT2D eigenvalue weighted by Gasteiger charge is 2.32. The molecule has 1 aromatic carbocycles. The number of anilines is 1. The maximum absolute atomic E-state index is 14.3. The lowest BCUT2D eigenvalue weighted by atomic mass is 9.74. The second-order valence-corrected chi connectivity index (χ2v) is 6.13. The lowest BCUT2D eigenvalue weighted by Gasteiger charge is -2.42. The van der Waals surface area contributed by atoms with Crippen molar-refractivity contribution in [2.24, 2.45) is 5.41 Å². The van der Waals surface area contributed by atoms with Gasteiger partial charge in [-0.3, -0.25) is 0 Å². The van der Waals surface area contributed by atoms with E-state index in [2.05, 4.69) is 19.2 Å². The quantitative estimate of drug-likeness (QED) is 0.880. The van der Waals surface area contributed by atoms with Crippen LogP contribution in [0, 0.1) is 17.0 Å². The van der Waals surface area contributed by atoms with Gasteiger partial charge in [0.1, 0.15) is 17.3 Å². The van der Waals surface area contributed by atoms with Crippen molar-refractivity contribution in [3.63, 3.8) is 0 Å². The molecule has 1 N–H and O–H groups in total. The summed E-state index contributed by atoms with van der Waals surface area (Å²) in [7, 11) is 1.77. The van der Waals surface area contributed by atoms with Gasteiger partial charge in [0.15, 0.2) is 0 Å². The molecule has 2 rings (SSSR count). The van der Waals surface area contributed by atoms with Crippen molar-refractivity contribution < 1.29 is 8.78 Å². The minimum atomic E-state index is -0.444.